The lowest BCUT2D eigenvalue weighted by Gasteiger charge is -2.41. The molecule has 1 saturated carbocycles. The van der Waals surface area contributed by atoms with Gasteiger partial charge in [-0.3, -0.25) is 4.79 Å². The lowest BCUT2D eigenvalue weighted by Crippen LogP contribution is -2.45. The monoisotopic (exact) mass is 431 g/mol. The molecule has 0 radical (unpaired) electrons. The molecular formula is C25H29N5O2. The number of rotatable bonds is 9. The van der Waals surface area contributed by atoms with Gasteiger partial charge in [-0.1, -0.05) is 24.3 Å². The molecule has 166 valence electrons. The molecule has 1 unspecified atom stereocenters. The summed E-state index contributed by atoms with van der Waals surface area (Å²) in [6.07, 6.45) is 5.59. The molecule has 32 heavy (non-hydrogen) atoms. The van der Waals surface area contributed by atoms with Gasteiger partial charge in [0.1, 0.15) is 24.9 Å². The van der Waals surface area contributed by atoms with Crippen molar-refractivity contribution in [1.29, 1.82) is 0 Å². The fraction of sp³-hybridized carbons (Fsp3) is 0.400. The van der Waals surface area contributed by atoms with Crippen LogP contribution < -0.4 is 15.0 Å². The zero-order chi connectivity index (χ0) is 21.9. The molecule has 7 nitrogen and oxygen atoms in total. The summed E-state index contributed by atoms with van der Waals surface area (Å²) >= 11 is 0. The molecule has 1 aromatic heterocycles. The Morgan fingerprint density at radius 2 is 1.88 bits per heavy atom. The molecule has 1 saturated heterocycles. The van der Waals surface area contributed by atoms with E-state index < -0.39 is 0 Å². The molecule has 1 aliphatic carbocycles. The summed E-state index contributed by atoms with van der Waals surface area (Å²) in [5, 5.41) is 6.98. The molecule has 1 amide bonds. The number of ether oxygens (including phenoxy) is 1. The van der Waals surface area contributed by atoms with E-state index in [1.165, 1.54) is 41.4 Å². The molecule has 0 spiro atoms. The van der Waals surface area contributed by atoms with Crippen LogP contribution in [0.25, 0.3) is 0 Å². The van der Waals surface area contributed by atoms with E-state index in [1.54, 1.807) is 0 Å². The molecular weight excluding hydrogens is 402 g/mol. The maximum atomic E-state index is 12.2. The quantitative estimate of drug-likeness (QED) is 0.561. The summed E-state index contributed by atoms with van der Waals surface area (Å²) in [5.41, 5.74) is 3.69. The van der Waals surface area contributed by atoms with Gasteiger partial charge >= 0.3 is 0 Å². The number of hydrogen-bond acceptors (Lipinski definition) is 5. The largest absolute Gasteiger partial charge is 0.493 e. The van der Waals surface area contributed by atoms with Gasteiger partial charge in [0.15, 0.2) is 0 Å². The van der Waals surface area contributed by atoms with Gasteiger partial charge in [0.2, 0.25) is 5.91 Å². The molecule has 1 aliphatic heterocycles. The van der Waals surface area contributed by atoms with E-state index in [4.69, 9.17) is 4.74 Å². The van der Waals surface area contributed by atoms with Gasteiger partial charge in [-0.05, 0) is 61.1 Å². The van der Waals surface area contributed by atoms with Crippen LogP contribution in [0, 0.1) is 5.92 Å². The van der Waals surface area contributed by atoms with Crippen LogP contribution in [0.3, 0.4) is 0 Å². The lowest BCUT2D eigenvalue weighted by atomic mass is 9.90. The number of anilines is 1. The van der Waals surface area contributed by atoms with E-state index >= 15 is 0 Å². The first-order valence-corrected chi connectivity index (χ1v) is 11.3. The number of carbonyl (C=O) groups excluding carboxylic acids is 1. The average molecular weight is 432 g/mol. The SMILES string of the molecule is CC(NC(=O)Cn1cncn1)c1ccc(C2CN(c3ccc(OCC4CC4)cc3)C2)cc1. The lowest BCUT2D eigenvalue weighted by molar-refractivity contribution is -0.122. The second kappa shape index (κ2) is 9.02. The van der Waals surface area contributed by atoms with Crippen LogP contribution in [-0.2, 0) is 11.3 Å². The molecule has 5 rings (SSSR count). The van der Waals surface area contributed by atoms with Crippen molar-refractivity contribution in [2.75, 3.05) is 24.6 Å². The van der Waals surface area contributed by atoms with Gasteiger partial charge in [0.25, 0.3) is 0 Å². The van der Waals surface area contributed by atoms with E-state index in [0.29, 0.717) is 5.92 Å². The van der Waals surface area contributed by atoms with Crippen molar-refractivity contribution in [3.63, 3.8) is 0 Å². The highest BCUT2D eigenvalue weighted by Gasteiger charge is 2.28. The third kappa shape index (κ3) is 4.93. The van der Waals surface area contributed by atoms with Crippen molar-refractivity contribution in [3.8, 4) is 5.75 Å². The minimum Gasteiger partial charge on any atom is -0.493 e. The first-order valence-electron chi connectivity index (χ1n) is 11.3. The highest BCUT2D eigenvalue weighted by Crippen LogP contribution is 2.34. The minimum absolute atomic E-state index is 0.0568. The van der Waals surface area contributed by atoms with Crippen LogP contribution >= 0.6 is 0 Å². The zero-order valence-corrected chi connectivity index (χ0v) is 18.4. The maximum absolute atomic E-state index is 12.2. The fourth-order valence-corrected chi connectivity index (χ4v) is 4.04. The van der Waals surface area contributed by atoms with Crippen molar-refractivity contribution >= 4 is 11.6 Å². The Bertz CT molecular complexity index is 1020. The molecule has 0 bridgehead atoms. The van der Waals surface area contributed by atoms with E-state index in [1.807, 2.05) is 6.92 Å². The predicted molar refractivity (Wildman–Crippen MR) is 123 cm³/mol. The second-order valence-electron chi connectivity index (χ2n) is 8.90. The van der Waals surface area contributed by atoms with E-state index in [-0.39, 0.29) is 18.5 Å². The molecule has 1 N–H and O–H groups in total. The predicted octanol–water partition coefficient (Wildman–Crippen LogP) is 3.55. The van der Waals surface area contributed by atoms with Crippen molar-refractivity contribution in [1.82, 2.24) is 20.1 Å². The Kier molecular flexibility index (Phi) is 5.79. The van der Waals surface area contributed by atoms with Crippen LogP contribution in [0.4, 0.5) is 5.69 Å². The van der Waals surface area contributed by atoms with Gasteiger partial charge in [0, 0.05) is 24.7 Å². The number of nitrogens with one attached hydrogen (secondary N) is 1. The standard InChI is InChI=1S/C25H29N5O2/c1-18(28-25(31)14-30-17-26-16-27-30)20-4-6-21(7-5-20)22-12-29(13-22)23-8-10-24(11-9-23)32-15-19-2-3-19/h4-11,16-19,22H,2-3,12-15H2,1H3,(H,28,31). The molecule has 7 heteroatoms. The Morgan fingerprint density at radius 1 is 1.12 bits per heavy atom. The summed E-state index contributed by atoms with van der Waals surface area (Å²) in [5.74, 6) is 2.20. The van der Waals surface area contributed by atoms with E-state index in [2.05, 4.69) is 68.8 Å². The molecule has 2 aliphatic rings. The van der Waals surface area contributed by atoms with E-state index in [9.17, 15) is 4.79 Å². The zero-order valence-electron chi connectivity index (χ0n) is 18.4. The number of benzene rings is 2. The summed E-state index contributed by atoms with van der Waals surface area (Å²) in [6.45, 7) is 5.06. The van der Waals surface area contributed by atoms with Crippen LogP contribution in [0.5, 0.6) is 5.75 Å². The first-order chi connectivity index (χ1) is 15.6. The number of nitrogens with zero attached hydrogens (tertiary/aromatic N) is 4. The summed E-state index contributed by atoms with van der Waals surface area (Å²) < 4.78 is 7.35. The Hall–Kier alpha value is -3.35. The van der Waals surface area contributed by atoms with Gasteiger partial charge < -0.3 is 15.0 Å². The maximum Gasteiger partial charge on any atom is 0.242 e. The molecule has 2 fully saturated rings. The van der Waals surface area contributed by atoms with Crippen LogP contribution in [-0.4, -0.2) is 40.4 Å². The second-order valence-corrected chi connectivity index (χ2v) is 8.90. The van der Waals surface area contributed by atoms with Crippen LogP contribution in [0.1, 0.15) is 42.9 Å². The highest BCUT2D eigenvalue weighted by molar-refractivity contribution is 5.76. The smallest absolute Gasteiger partial charge is 0.242 e. The number of carbonyl (C=O) groups is 1. The number of hydrogen-bond donors (Lipinski definition) is 1. The van der Waals surface area contributed by atoms with Crippen molar-refractivity contribution in [2.24, 2.45) is 5.92 Å². The first kappa shape index (κ1) is 20.5. The molecule has 1 atom stereocenters. The van der Waals surface area contributed by atoms with Crippen LogP contribution in [0.15, 0.2) is 61.2 Å². The fourth-order valence-electron chi connectivity index (χ4n) is 4.04. The Labute approximate surface area is 188 Å². The van der Waals surface area contributed by atoms with Gasteiger partial charge in [0.05, 0.1) is 12.6 Å². The Morgan fingerprint density at radius 3 is 2.53 bits per heavy atom. The number of aromatic nitrogens is 3. The highest BCUT2D eigenvalue weighted by atomic mass is 16.5. The summed E-state index contributed by atoms with van der Waals surface area (Å²) in [6, 6.07) is 17.0. The summed E-state index contributed by atoms with van der Waals surface area (Å²) in [7, 11) is 0. The van der Waals surface area contributed by atoms with Crippen molar-refractivity contribution in [2.45, 2.75) is 38.3 Å². The van der Waals surface area contributed by atoms with Crippen molar-refractivity contribution < 1.29 is 9.53 Å². The molecule has 3 aromatic rings. The van der Waals surface area contributed by atoms with Gasteiger partial charge in [-0.2, -0.15) is 5.10 Å². The minimum atomic E-state index is -0.0781. The van der Waals surface area contributed by atoms with Crippen molar-refractivity contribution in [3.05, 3.63) is 72.3 Å². The summed E-state index contributed by atoms with van der Waals surface area (Å²) in [4.78, 5) is 18.4. The normalized spacial score (nSPS) is 17.0. The molecule has 2 heterocycles. The average Bonchev–Trinajstić information content (AvgIpc) is 3.47. The van der Waals surface area contributed by atoms with Crippen LogP contribution in [0.2, 0.25) is 0 Å². The third-order valence-electron chi connectivity index (χ3n) is 6.32. The van der Waals surface area contributed by atoms with Gasteiger partial charge in [-0.15, -0.1) is 0 Å². The molecule has 2 aromatic carbocycles. The van der Waals surface area contributed by atoms with E-state index in [0.717, 1.165) is 36.9 Å². The Balaban J connectivity index is 1.10. The van der Waals surface area contributed by atoms with Gasteiger partial charge in [-0.25, -0.2) is 9.67 Å². The third-order valence-corrected chi connectivity index (χ3v) is 6.32. The number of amides is 1. The topological polar surface area (TPSA) is 72.3 Å².